The summed E-state index contributed by atoms with van der Waals surface area (Å²) in [7, 11) is 2.43. The predicted molar refractivity (Wildman–Crippen MR) is 191 cm³/mol. The monoisotopic (exact) mass is 690 g/mol. The average molecular weight is 691 g/mol. The maximum absolute atomic E-state index is 13.9. The second-order valence-corrected chi connectivity index (χ2v) is 14.5. The molecule has 0 saturated heterocycles. The van der Waals surface area contributed by atoms with Gasteiger partial charge in [-0.2, -0.15) is 0 Å². The lowest BCUT2D eigenvalue weighted by Gasteiger charge is -2.56. The van der Waals surface area contributed by atoms with Crippen molar-refractivity contribution in [2.45, 2.75) is 44.4 Å². The van der Waals surface area contributed by atoms with Crippen molar-refractivity contribution in [1.29, 1.82) is 0 Å². The zero-order valence-electron chi connectivity index (χ0n) is 28.8. The Balaban J connectivity index is 1.11. The Morgan fingerprint density at radius 3 is 1.96 bits per heavy atom. The van der Waals surface area contributed by atoms with E-state index in [1.807, 2.05) is 12.1 Å². The van der Waals surface area contributed by atoms with Crippen LogP contribution in [0, 0.1) is 23.2 Å². The summed E-state index contributed by atoms with van der Waals surface area (Å²) in [6.07, 6.45) is 9.18. The van der Waals surface area contributed by atoms with Gasteiger partial charge in [0.1, 0.15) is 0 Å². The van der Waals surface area contributed by atoms with Crippen LogP contribution in [-0.4, -0.2) is 62.0 Å². The van der Waals surface area contributed by atoms with E-state index >= 15 is 0 Å². The largest absolute Gasteiger partial charge is 0.465 e. The Bertz CT molecular complexity index is 1930. The van der Waals surface area contributed by atoms with Gasteiger partial charge in [0.05, 0.1) is 42.4 Å². The van der Waals surface area contributed by atoms with Gasteiger partial charge < -0.3 is 30.4 Å². The number of carbonyl (C=O) groups excluding carboxylic acids is 5. The molecule has 1 heterocycles. The van der Waals surface area contributed by atoms with Crippen LogP contribution >= 0.6 is 0 Å². The number of fused-ring (bicyclic) bond motifs is 1. The van der Waals surface area contributed by atoms with Crippen LogP contribution in [0.5, 0.6) is 0 Å². The molecule has 4 bridgehead atoms. The summed E-state index contributed by atoms with van der Waals surface area (Å²) >= 11 is 0. The molecule has 1 atom stereocenters. The number of hydrogen-bond acceptors (Lipinski definition) is 7. The molecule has 3 amide bonds. The van der Waals surface area contributed by atoms with Crippen LogP contribution in [0.1, 0.15) is 91.4 Å². The van der Waals surface area contributed by atoms with Crippen molar-refractivity contribution < 1.29 is 33.4 Å². The highest BCUT2D eigenvalue weighted by atomic mass is 16.5. The van der Waals surface area contributed by atoms with Gasteiger partial charge in [0.25, 0.3) is 11.8 Å². The van der Waals surface area contributed by atoms with E-state index in [1.165, 1.54) is 51.7 Å². The molecule has 4 aromatic rings. The number of methoxy groups -OCH3 is 2. The normalized spacial score (nSPS) is 22.2. The van der Waals surface area contributed by atoms with Crippen LogP contribution < -0.4 is 16.0 Å². The van der Waals surface area contributed by atoms with Crippen molar-refractivity contribution in [2.75, 3.05) is 32.6 Å². The van der Waals surface area contributed by atoms with Crippen LogP contribution in [0.15, 0.2) is 72.9 Å². The van der Waals surface area contributed by atoms with Crippen molar-refractivity contribution in [1.82, 2.24) is 15.6 Å². The van der Waals surface area contributed by atoms with Gasteiger partial charge in [-0.25, -0.2) is 9.59 Å². The summed E-state index contributed by atoms with van der Waals surface area (Å²) < 4.78 is 9.65. The lowest BCUT2D eigenvalue weighted by Crippen LogP contribution is -2.51. The van der Waals surface area contributed by atoms with Gasteiger partial charge in [0.2, 0.25) is 5.91 Å². The number of anilines is 1. The van der Waals surface area contributed by atoms with Gasteiger partial charge in [0.15, 0.2) is 0 Å². The first-order valence-corrected chi connectivity index (χ1v) is 17.5. The van der Waals surface area contributed by atoms with Gasteiger partial charge in [-0.3, -0.25) is 14.4 Å². The highest BCUT2D eigenvalue weighted by Crippen LogP contribution is 2.59. The zero-order chi connectivity index (χ0) is 35.7. The first-order valence-electron chi connectivity index (χ1n) is 17.5. The highest BCUT2D eigenvalue weighted by Gasteiger charge is 2.50. The standard InChI is InChI=1S/C40H42N4O7/c1-50-38(48)28-13-29(39(49)51-2)15-30(14-28)44-37(47)33(26-6-4-3-5-7-26)21-42-35(45)31-16-27-8-9-41-34(27)17-32(31)36(46)43-22-40-18-23-10-24(19-40)12-25(11-23)20-40/h3-9,13-17,23-25,33,41H,10-12,18-22H2,1-2H3,(H,42,45)(H,43,46)(H,44,47). The molecule has 0 radical (unpaired) electrons. The van der Waals surface area contributed by atoms with Crippen molar-refractivity contribution >= 4 is 46.3 Å². The fourth-order valence-electron chi connectivity index (χ4n) is 9.08. The molecule has 11 nitrogen and oxygen atoms in total. The number of aromatic nitrogens is 1. The van der Waals surface area contributed by atoms with Crippen molar-refractivity contribution in [3.63, 3.8) is 0 Å². The van der Waals surface area contributed by atoms with Crippen LogP contribution in [-0.2, 0) is 14.3 Å². The third kappa shape index (κ3) is 7.10. The number of amides is 3. The van der Waals surface area contributed by atoms with E-state index in [-0.39, 0.29) is 45.8 Å². The number of ether oxygens (including phenoxy) is 2. The fraction of sp³-hybridized carbons (Fsp3) is 0.375. The van der Waals surface area contributed by atoms with Crippen molar-refractivity contribution in [3.8, 4) is 0 Å². The summed E-state index contributed by atoms with van der Waals surface area (Å²) in [5.74, 6) is -1.27. The summed E-state index contributed by atoms with van der Waals surface area (Å²) in [4.78, 5) is 69.5. The van der Waals surface area contributed by atoms with Crippen molar-refractivity contribution in [3.05, 3.63) is 101 Å². The summed E-state index contributed by atoms with van der Waals surface area (Å²) in [6, 6.07) is 18.3. The molecule has 264 valence electrons. The van der Waals surface area contributed by atoms with Crippen LogP contribution in [0.2, 0.25) is 0 Å². The second kappa shape index (κ2) is 14.0. The number of hydrogen-bond donors (Lipinski definition) is 4. The van der Waals surface area contributed by atoms with Crippen LogP contribution in [0.4, 0.5) is 5.69 Å². The van der Waals surface area contributed by atoms with Gasteiger partial charge in [-0.1, -0.05) is 30.3 Å². The second-order valence-electron chi connectivity index (χ2n) is 14.5. The third-order valence-electron chi connectivity index (χ3n) is 11.0. The number of H-pyrrole nitrogens is 1. The van der Waals surface area contributed by atoms with Crippen LogP contribution in [0.3, 0.4) is 0 Å². The molecular formula is C40H42N4O7. The highest BCUT2D eigenvalue weighted by molar-refractivity contribution is 6.10. The van der Waals surface area contributed by atoms with E-state index in [1.54, 1.807) is 42.6 Å². The lowest BCUT2D eigenvalue weighted by molar-refractivity contribution is -0.117. The number of nitrogens with one attached hydrogen (secondary N) is 4. The predicted octanol–water partition coefficient (Wildman–Crippen LogP) is 5.84. The van der Waals surface area contributed by atoms with E-state index in [9.17, 15) is 24.0 Å². The topological polar surface area (TPSA) is 156 Å². The lowest BCUT2D eigenvalue weighted by atomic mass is 9.49. The van der Waals surface area contributed by atoms with Gasteiger partial charge >= 0.3 is 11.9 Å². The van der Waals surface area contributed by atoms with E-state index in [4.69, 9.17) is 9.47 Å². The molecule has 4 aliphatic carbocycles. The Morgan fingerprint density at radius 2 is 1.35 bits per heavy atom. The Labute approximate surface area is 295 Å². The van der Waals surface area contributed by atoms with E-state index < -0.39 is 29.7 Å². The molecule has 4 N–H and O–H groups in total. The SMILES string of the molecule is COC(=O)c1cc(NC(=O)C(CNC(=O)c2cc3cc[nH]c3cc2C(=O)NCC23CC4CC(CC(C4)C2)C3)c2ccccc2)cc(C(=O)OC)c1. The van der Waals surface area contributed by atoms with Gasteiger partial charge in [-0.15, -0.1) is 0 Å². The Morgan fingerprint density at radius 1 is 0.765 bits per heavy atom. The van der Waals surface area contributed by atoms with E-state index in [2.05, 4.69) is 20.9 Å². The van der Waals surface area contributed by atoms with E-state index in [0.717, 1.165) is 47.9 Å². The Kier molecular flexibility index (Phi) is 9.37. The quantitative estimate of drug-likeness (QED) is 0.144. The minimum atomic E-state index is -0.872. The fourth-order valence-corrected chi connectivity index (χ4v) is 9.08. The molecule has 4 fully saturated rings. The third-order valence-corrected chi connectivity index (χ3v) is 11.0. The first-order chi connectivity index (χ1) is 24.6. The number of carbonyl (C=O) groups is 5. The summed E-state index contributed by atoms with van der Waals surface area (Å²) in [6.45, 7) is 0.499. The summed E-state index contributed by atoms with van der Waals surface area (Å²) in [5.41, 5.74) is 2.26. The molecule has 4 saturated carbocycles. The minimum absolute atomic E-state index is 0.0504. The minimum Gasteiger partial charge on any atom is -0.465 e. The molecule has 8 rings (SSSR count). The van der Waals surface area contributed by atoms with Crippen molar-refractivity contribution in [2.24, 2.45) is 23.2 Å². The maximum atomic E-state index is 13.9. The number of benzene rings is 3. The first kappa shape index (κ1) is 34.0. The molecule has 51 heavy (non-hydrogen) atoms. The molecule has 1 aromatic heterocycles. The maximum Gasteiger partial charge on any atom is 0.337 e. The number of esters is 2. The smallest absolute Gasteiger partial charge is 0.337 e. The van der Waals surface area contributed by atoms with Gasteiger partial charge in [-0.05, 0) is 104 Å². The number of rotatable bonds is 11. The average Bonchev–Trinajstić information content (AvgIpc) is 3.60. The molecule has 11 heteroatoms. The zero-order valence-corrected chi connectivity index (χ0v) is 28.8. The Hall–Kier alpha value is -5.45. The number of aromatic amines is 1. The van der Waals surface area contributed by atoms with Crippen LogP contribution in [0.25, 0.3) is 10.9 Å². The molecule has 0 spiro atoms. The van der Waals surface area contributed by atoms with Gasteiger partial charge in [0, 0.05) is 35.9 Å². The van der Waals surface area contributed by atoms with E-state index in [0.29, 0.717) is 12.1 Å². The molecule has 0 aliphatic heterocycles. The molecule has 3 aromatic carbocycles. The molecule has 1 unspecified atom stereocenters. The molecule has 4 aliphatic rings. The summed E-state index contributed by atoms with van der Waals surface area (Å²) in [5, 5.41) is 9.69. The molecular weight excluding hydrogens is 648 g/mol.